The summed E-state index contributed by atoms with van der Waals surface area (Å²) < 4.78 is 3.76. The van der Waals surface area contributed by atoms with Gasteiger partial charge in [0.25, 0.3) is 0 Å². The first kappa shape index (κ1) is 16.4. The van der Waals surface area contributed by atoms with E-state index in [-0.39, 0.29) is 16.8 Å². The van der Waals surface area contributed by atoms with Crippen LogP contribution in [0.15, 0.2) is 24.3 Å². The van der Waals surface area contributed by atoms with Crippen LogP contribution in [0.4, 0.5) is 0 Å². The highest BCUT2D eigenvalue weighted by Crippen LogP contribution is 2.46. The summed E-state index contributed by atoms with van der Waals surface area (Å²) in [6.07, 6.45) is 0. The minimum atomic E-state index is -0.947. The standard InChI is InChI=1S/C14H16Br2O3/c1-13(2,3)14(15,16)11(17)9-7-5-6-8-10(9)12(18)19-4/h5-8H,1-4H3. The Hall–Kier alpha value is -0.680. The fourth-order valence-electron chi connectivity index (χ4n) is 1.48. The molecule has 5 heteroatoms. The number of carbonyl (C=O) groups is 2. The van der Waals surface area contributed by atoms with Crippen molar-refractivity contribution in [2.45, 2.75) is 24.0 Å². The van der Waals surface area contributed by atoms with E-state index in [1.807, 2.05) is 20.8 Å². The van der Waals surface area contributed by atoms with E-state index >= 15 is 0 Å². The number of ketones is 1. The average molecular weight is 392 g/mol. The second kappa shape index (κ2) is 5.75. The van der Waals surface area contributed by atoms with E-state index in [0.717, 1.165) is 0 Å². The van der Waals surface area contributed by atoms with Gasteiger partial charge in [0.05, 0.1) is 12.7 Å². The van der Waals surface area contributed by atoms with Gasteiger partial charge in [0, 0.05) is 5.56 Å². The molecule has 1 aromatic rings. The predicted octanol–water partition coefficient (Wildman–Crippen LogP) is 4.19. The van der Waals surface area contributed by atoms with E-state index in [4.69, 9.17) is 4.74 Å². The van der Waals surface area contributed by atoms with Crippen molar-refractivity contribution in [1.82, 2.24) is 0 Å². The van der Waals surface area contributed by atoms with Gasteiger partial charge < -0.3 is 4.74 Å². The van der Waals surface area contributed by atoms with Crippen molar-refractivity contribution in [3.8, 4) is 0 Å². The first-order valence-corrected chi connectivity index (χ1v) is 7.31. The van der Waals surface area contributed by atoms with Crippen LogP contribution in [0.3, 0.4) is 0 Å². The van der Waals surface area contributed by atoms with Crippen LogP contribution in [0.25, 0.3) is 0 Å². The van der Waals surface area contributed by atoms with Crippen LogP contribution in [0, 0.1) is 5.41 Å². The number of carbonyl (C=O) groups excluding carboxylic acids is 2. The maximum atomic E-state index is 12.7. The van der Waals surface area contributed by atoms with E-state index in [9.17, 15) is 9.59 Å². The lowest BCUT2D eigenvalue weighted by atomic mass is 9.86. The molecular weight excluding hydrogens is 376 g/mol. The number of halogens is 2. The summed E-state index contributed by atoms with van der Waals surface area (Å²) in [4.78, 5) is 24.4. The molecule has 3 nitrogen and oxygen atoms in total. The molecule has 104 valence electrons. The van der Waals surface area contributed by atoms with Crippen molar-refractivity contribution in [3.63, 3.8) is 0 Å². The molecule has 0 amide bonds. The summed E-state index contributed by atoms with van der Waals surface area (Å²) in [5, 5.41) is 0. The Bertz CT molecular complexity index is 502. The second-order valence-corrected chi connectivity index (χ2v) is 8.63. The Morgan fingerprint density at radius 2 is 1.53 bits per heavy atom. The average Bonchev–Trinajstić information content (AvgIpc) is 2.35. The van der Waals surface area contributed by atoms with Gasteiger partial charge in [0.1, 0.15) is 3.23 Å². The third kappa shape index (κ3) is 3.26. The Morgan fingerprint density at radius 1 is 1.05 bits per heavy atom. The molecular formula is C14H16Br2O3. The molecule has 0 aliphatic heterocycles. The lowest BCUT2D eigenvalue weighted by Gasteiger charge is -2.33. The number of hydrogen-bond acceptors (Lipinski definition) is 3. The summed E-state index contributed by atoms with van der Waals surface area (Å²) in [5.74, 6) is -0.727. The fourth-order valence-corrected chi connectivity index (χ4v) is 1.91. The fraction of sp³-hybridized carbons (Fsp3) is 0.429. The normalized spacial score (nSPS) is 12.1. The van der Waals surface area contributed by atoms with Crippen LogP contribution < -0.4 is 0 Å². The van der Waals surface area contributed by atoms with E-state index in [2.05, 4.69) is 31.9 Å². The third-order valence-corrected chi connectivity index (χ3v) is 5.90. The highest BCUT2D eigenvalue weighted by Gasteiger charge is 2.45. The molecule has 0 aliphatic rings. The van der Waals surface area contributed by atoms with Gasteiger partial charge in [0.15, 0.2) is 5.78 Å². The molecule has 0 unspecified atom stereocenters. The molecule has 0 aromatic heterocycles. The highest BCUT2D eigenvalue weighted by atomic mass is 79.9. The summed E-state index contributed by atoms with van der Waals surface area (Å²) in [6, 6.07) is 6.62. The maximum absolute atomic E-state index is 12.7. The summed E-state index contributed by atoms with van der Waals surface area (Å²) in [7, 11) is 1.29. The van der Waals surface area contributed by atoms with Crippen LogP contribution in [0.1, 0.15) is 41.5 Å². The quantitative estimate of drug-likeness (QED) is 0.440. The molecule has 0 spiro atoms. The summed E-state index contributed by atoms with van der Waals surface area (Å²) in [5.41, 5.74) is 0.230. The molecule has 19 heavy (non-hydrogen) atoms. The Balaban J connectivity index is 3.32. The number of ether oxygens (including phenoxy) is 1. The number of hydrogen-bond donors (Lipinski definition) is 0. The van der Waals surface area contributed by atoms with Gasteiger partial charge in [-0.1, -0.05) is 70.8 Å². The van der Waals surface area contributed by atoms with Crippen molar-refractivity contribution >= 4 is 43.6 Å². The number of esters is 1. The van der Waals surface area contributed by atoms with Crippen LogP contribution in [-0.2, 0) is 4.74 Å². The molecule has 0 N–H and O–H groups in total. The van der Waals surface area contributed by atoms with Gasteiger partial charge in [-0.15, -0.1) is 0 Å². The summed E-state index contributed by atoms with van der Waals surface area (Å²) >= 11 is 6.85. The van der Waals surface area contributed by atoms with Crippen molar-refractivity contribution in [2.24, 2.45) is 5.41 Å². The van der Waals surface area contributed by atoms with Crippen LogP contribution in [0.5, 0.6) is 0 Å². The monoisotopic (exact) mass is 390 g/mol. The van der Waals surface area contributed by atoms with Gasteiger partial charge in [-0.2, -0.15) is 0 Å². The summed E-state index contributed by atoms with van der Waals surface area (Å²) in [6.45, 7) is 5.78. The molecule has 0 heterocycles. The lowest BCUT2D eigenvalue weighted by molar-refractivity contribution is 0.0596. The van der Waals surface area contributed by atoms with Crippen LogP contribution >= 0.6 is 31.9 Å². The molecule has 0 radical (unpaired) electrons. The predicted molar refractivity (Wildman–Crippen MR) is 82.2 cm³/mol. The number of benzene rings is 1. The minimum absolute atomic E-state index is 0.207. The Morgan fingerprint density at radius 3 is 1.95 bits per heavy atom. The van der Waals surface area contributed by atoms with Crippen molar-refractivity contribution in [3.05, 3.63) is 35.4 Å². The molecule has 0 saturated carbocycles. The zero-order chi connectivity index (χ0) is 14.8. The molecule has 0 aliphatic carbocycles. The molecule has 0 saturated heterocycles. The topological polar surface area (TPSA) is 43.4 Å². The van der Waals surface area contributed by atoms with E-state index in [1.54, 1.807) is 24.3 Å². The Kier molecular flexibility index (Phi) is 4.96. The van der Waals surface area contributed by atoms with Crippen molar-refractivity contribution in [2.75, 3.05) is 7.11 Å². The smallest absolute Gasteiger partial charge is 0.338 e. The zero-order valence-corrected chi connectivity index (χ0v) is 14.5. The number of Topliss-reactive ketones (excluding diaryl/α,β-unsaturated/α-hetero) is 1. The maximum Gasteiger partial charge on any atom is 0.338 e. The molecule has 0 fully saturated rings. The van der Waals surface area contributed by atoms with Crippen molar-refractivity contribution in [1.29, 1.82) is 0 Å². The number of alkyl halides is 2. The molecule has 1 aromatic carbocycles. The Labute approximate surface area is 130 Å². The van der Waals surface area contributed by atoms with Gasteiger partial charge >= 0.3 is 5.97 Å². The number of rotatable bonds is 3. The lowest BCUT2D eigenvalue weighted by Crippen LogP contribution is -2.39. The van der Waals surface area contributed by atoms with Crippen LogP contribution in [0.2, 0.25) is 0 Å². The van der Waals surface area contributed by atoms with Crippen LogP contribution in [-0.4, -0.2) is 22.1 Å². The van der Waals surface area contributed by atoms with Gasteiger partial charge in [-0.3, -0.25) is 4.79 Å². The number of methoxy groups -OCH3 is 1. The largest absolute Gasteiger partial charge is 0.465 e. The SMILES string of the molecule is COC(=O)c1ccccc1C(=O)C(Br)(Br)C(C)(C)C. The third-order valence-electron chi connectivity index (χ3n) is 2.80. The molecule has 1 rings (SSSR count). The van der Waals surface area contributed by atoms with E-state index in [1.165, 1.54) is 7.11 Å². The van der Waals surface area contributed by atoms with Crippen molar-refractivity contribution < 1.29 is 14.3 Å². The minimum Gasteiger partial charge on any atom is -0.465 e. The first-order chi connectivity index (χ1) is 8.63. The van der Waals surface area contributed by atoms with Gasteiger partial charge in [-0.05, 0) is 11.5 Å². The zero-order valence-electron chi connectivity index (χ0n) is 11.3. The van der Waals surface area contributed by atoms with E-state index in [0.29, 0.717) is 5.56 Å². The molecule has 0 bridgehead atoms. The van der Waals surface area contributed by atoms with Gasteiger partial charge in [0.2, 0.25) is 0 Å². The van der Waals surface area contributed by atoms with E-state index < -0.39 is 9.20 Å². The van der Waals surface area contributed by atoms with Gasteiger partial charge in [-0.25, -0.2) is 4.79 Å². The molecule has 0 atom stereocenters. The first-order valence-electron chi connectivity index (χ1n) is 5.73. The second-order valence-electron chi connectivity index (χ2n) is 5.19. The highest BCUT2D eigenvalue weighted by molar-refractivity contribution is 9.26.